The fourth-order valence-corrected chi connectivity index (χ4v) is 11.9. The predicted molar refractivity (Wildman–Crippen MR) is 288 cm³/mol. The van der Waals surface area contributed by atoms with Gasteiger partial charge in [0.15, 0.2) is 0 Å². The molecule has 0 aliphatic carbocycles. The third-order valence-corrected chi connectivity index (χ3v) is 15.9. The highest BCUT2D eigenvalue weighted by atomic mass is 127. The zero-order chi connectivity index (χ0) is 52.3. The Morgan fingerprint density at radius 3 is 1.61 bits per heavy atom. The Morgan fingerprint density at radius 1 is 0.689 bits per heavy atom. The van der Waals surface area contributed by atoms with Gasteiger partial charge in [0.05, 0.1) is 66.1 Å². The molecule has 0 spiro atoms. The third kappa shape index (κ3) is 10.9. The molecule has 0 saturated carbocycles. The predicted octanol–water partition coefficient (Wildman–Crippen LogP) is 7.57. The van der Waals surface area contributed by atoms with Crippen LogP contribution in [0.15, 0.2) is 46.0 Å². The number of β-amino-alcohol motifs (C(OH)–C–C–N with tert-alkyl or cyclic N) is 2. The van der Waals surface area contributed by atoms with Crippen molar-refractivity contribution in [2.75, 3.05) is 49.9 Å². The number of piperidine rings is 2. The Bertz CT molecular complexity index is 2990. The molecule has 0 unspecified atom stereocenters. The molecule has 2 aromatic carbocycles. The first kappa shape index (κ1) is 55.7. The number of rotatable bonds is 8. The summed E-state index contributed by atoms with van der Waals surface area (Å²) in [4.78, 5) is 70.1. The third-order valence-electron chi connectivity index (χ3n) is 14.6. The maximum atomic E-state index is 15.5. The number of pyridine rings is 2. The van der Waals surface area contributed by atoms with Crippen LogP contribution in [0.1, 0.15) is 104 Å². The molecule has 5 N–H and O–H groups in total. The quantitative estimate of drug-likeness (QED) is 0.0865. The minimum atomic E-state index is -1.36. The standard InChI is InChI=1S/C28H33F2IN4O5.C23H25F2IN4O3.ClH/c1-27(2,3)40-26(38)35-11-5-4-8-20(35)28(39)14-33(15-28)24(36)21-19-7-6-12-34(19)25(37)22(30)23(21)32-18-10-9-16(31)13-17(18)29;24-14-10-13(26)6-7-15(14)28-20-18(16-4-3-9-30(16)22(32)19(20)25)21(31)29-11-23(33,12-29)17-5-1-2-8-27-17;/h9-10,13,20,32,39H,4-8,11-12,14-15H2,1-3H3;6-7,10,17,27-28,33H,1-5,8-9,11-12H2;1H/t20-;17-;/m00./s1. The number of carbonyl (C=O) groups is 3. The van der Waals surface area contributed by atoms with Gasteiger partial charge in [0.2, 0.25) is 11.6 Å². The second kappa shape index (κ2) is 21.9. The Hall–Kier alpha value is -4.50. The molecule has 2 atom stereocenters. The lowest BCUT2D eigenvalue weighted by Gasteiger charge is -2.54. The van der Waals surface area contributed by atoms with Gasteiger partial charge in [-0.1, -0.05) is 6.42 Å². The van der Waals surface area contributed by atoms with E-state index in [0.717, 1.165) is 38.6 Å². The number of halogens is 7. The summed E-state index contributed by atoms with van der Waals surface area (Å²) in [5.74, 6) is -4.56. The van der Waals surface area contributed by atoms with Crippen LogP contribution in [0.4, 0.5) is 45.1 Å². The monoisotopic (exact) mass is 1280 g/mol. The summed E-state index contributed by atoms with van der Waals surface area (Å²) in [6.07, 6.45) is 6.56. The number of likely N-dealkylation sites (tertiary alicyclic amines) is 3. The second-order valence-corrected chi connectivity index (χ2v) is 23.3. The number of hydrogen-bond donors (Lipinski definition) is 5. The first-order chi connectivity index (χ1) is 34.6. The molecule has 23 heteroatoms. The summed E-state index contributed by atoms with van der Waals surface area (Å²) in [7, 11) is 0. The van der Waals surface area contributed by atoms with Crippen LogP contribution >= 0.6 is 57.6 Å². The number of anilines is 4. The van der Waals surface area contributed by atoms with Crippen molar-refractivity contribution < 1.29 is 46.9 Å². The van der Waals surface area contributed by atoms with Crippen LogP contribution in [-0.2, 0) is 30.7 Å². The van der Waals surface area contributed by atoms with Crippen LogP contribution in [0, 0.1) is 30.4 Å². The lowest BCUT2D eigenvalue weighted by molar-refractivity contribution is -0.137. The topological polar surface area (TPSA) is 191 Å². The molecule has 2 aromatic heterocycles. The summed E-state index contributed by atoms with van der Waals surface area (Å²) in [5.41, 5.74) is -4.69. The van der Waals surface area contributed by atoms with Crippen LogP contribution in [-0.4, -0.2) is 120 Å². The van der Waals surface area contributed by atoms with E-state index < -0.39 is 75.1 Å². The van der Waals surface area contributed by atoms with Crippen molar-refractivity contribution in [1.82, 2.24) is 29.2 Å². The summed E-state index contributed by atoms with van der Waals surface area (Å²) in [5, 5.41) is 31.2. The van der Waals surface area contributed by atoms with Crippen molar-refractivity contribution in [2.45, 2.75) is 127 Å². The van der Waals surface area contributed by atoms with Gasteiger partial charge in [0.1, 0.15) is 28.4 Å². The highest BCUT2D eigenvalue weighted by molar-refractivity contribution is 14.1. The minimum Gasteiger partial charge on any atom is -0.444 e. The average Bonchev–Trinajstić information content (AvgIpc) is 4.03. The first-order valence-electron chi connectivity index (χ1n) is 24.7. The molecule has 400 valence electrons. The van der Waals surface area contributed by atoms with Crippen LogP contribution in [0.2, 0.25) is 0 Å². The summed E-state index contributed by atoms with van der Waals surface area (Å²) >= 11 is 3.91. The van der Waals surface area contributed by atoms with Gasteiger partial charge in [-0.25, -0.2) is 13.6 Å². The second-order valence-electron chi connectivity index (χ2n) is 20.9. The number of nitrogens with zero attached hydrogens (tertiary/aromatic N) is 5. The van der Waals surface area contributed by atoms with Crippen LogP contribution in [0.25, 0.3) is 0 Å². The maximum Gasteiger partial charge on any atom is 0.410 e. The number of aromatic nitrogens is 2. The summed E-state index contributed by atoms with van der Waals surface area (Å²) in [6.45, 7) is 7.31. The van der Waals surface area contributed by atoms with Gasteiger partial charge in [0, 0.05) is 44.2 Å². The van der Waals surface area contributed by atoms with Crippen molar-refractivity contribution in [1.29, 1.82) is 0 Å². The molecule has 16 nitrogen and oxygen atoms in total. The zero-order valence-electron chi connectivity index (χ0n) is 41.1. The highest BCUT2D eigenvalue weighted by Gasteiger charge is 2.54. The van der Waals surface area contributed by atoms with Crippen LogP contribution < -0.4 is 27.1 Å². The molecular weight excluding hydrogens is 1220 g/mol. The zero-order valence-corrected chi connectivity index (χ0v) is 46.2. The Balaban J connectivity index is 0.000000198. The smallest absolute Gasteiger partial charge is 0.410 e. The van der Waals surface area contributed by atoms with Crippen molar-refractivity contribution >= 4 is 98.2 Å². The molecule has 4 aromatic rings. The SMILES string of the molecule is CC(C)(C)OC(=O)N1CCCC[C@H]1C1(O)CN(C(=O)c2c(Nc3ccc(I)cc3F)c(F)c(=O)n3c2CCC3)C1.Cl.O=C(c1c(Nc2ccc(I)cc2F)c(F)c(=O)n2c1CCC2)N1CC(O)([C@@H]2CCCCN2)C1. The molecule has 6 aliphatic heterocycles. The molecular formula is C51H59ClF4I2N8O8. The van der Waals surface area contributed by atoms with Crippen molar-refractivity contribution in [2.24, 2.45) is 0 Å². The molecule has 6 aliphatic rings. The number of amides is 3. The van der Waals surface area contributed by atoms with Crippen molar-refractivity contribution in [3.05, 3.63) is 110 Å². The lowest BCUT2D eigenvalue weighted by atomic mass is 9.80. The lowest BCUT2D eigenvalue weighted by Crippen LogP contribution is -2.73. The normalized spacial score (nSPS) is 20.4. The molecule has 74 heavy (non-hydrogen) atoms. The van der Waals surface area contributed by atoms with E-state index in [-0.39, 0.29) is 85.0 Å². The molecule has 8 heterocycles. The van der Waals surface area contributed by atoms with Gasteiger partial charge in [-0.3, -0.25) is 19.2 Å². The van der Waals surface area contributed by atoms with Gasteiger partial charge in [0.25, 0.3) is 22.9 Å². The Kier molecular flexibility index (Phi) is 16.5. The number of nitrogens with one attached hydrogen (secondary N) is 3. The molecule has 0 radical (unpaired) electrons. The minimum absolute atomic E-state index is 0. The van der Waals surface area contributed by atoms with E-state index in [1.807, 2.05) is 45.2 Å². The number of benzene rings is 2. The maximum absolute atomic E-state index is 15.5. The van der Waals surface area contributed by atoms with Gasteiger partial charge >= 0.3 is 6.09 Å². The van der Waals surface area contributed by atoms with Gasteiger partial charge in [-0.05, 0) is 167 Å². The number of aliphatic hydroxyl groups is 2. The number of ether oxygens (including phenoxy) is 1. The van der Waals surface area contributed by atoms with E-state index in [1.54, 1.807) is 37.8 Å². The van der Waals surface area contributed by atoms with Gasteiger partial charge in [-0.2, -0.15) is 8.78 Å². The van der Waals surface area contributed by atoms with E-state index in [4.69, 9.17) is 4.74 Å². The molecule has 3 amide bonds. The number of fused-ring (bicyclic) bond motifs is 2. The molecule has 4 saturated heterocycles. The average molecular weight is 1280 g/mol. The van der Waals surface area contributed by atoms with Crippen molar-refractivity contribution in [3.63, 3.8) is 0 Å². The Morgan fingerprint density at radius 2 is 1.16 bits per heavy atom. The van der Waals surface area contributed by atoms with Crippen LogP contribution in [0.5, 0.6) is 0 Å². The summed E-state index contributed by atoms with van der Waals surface area (Å²) < 4.78 is 69.3. The Labute approximate surface area is 458 Å². The van der Waals surface area contributed by atoms with E-state index in [2.05, 4.69) is 16.0 Å². The molecule has 4 fully saturated rings. The first-order valence-corrected chi connectivity index (χ1v) is 26.8. The van der Waals surface area contributed by atoms with Gasteiger partial charge < -0.3 is 54.7 Å². The van der Waals surface area contributed by atoms with Crippen LogP contribution in [0.3, 0.4) is 0 Å². The molecule has 0 bridgehead atoms. The number of hydrogen-bond acceptors (Lipinski definition) is 11. The van der Waals surface area contributed by atoms with E-state index in [1.165, 1.54) is 43.2 Å². The number of carbonyl (C=O) groups excluding carboxylic acids is 3. The largest absolute Gasteiger partial charge is 0.444 e. The highest BCUT2D eigenvalue weighted by Crippen LogP contribution is 2.39. The van der Waals surface area contributed by atoms with E-state index in [0.29, 0.717) is 63.7 Å². The molecule has 10 rings (SSSR count). The van der Waals surface area contributed by atoms with E-state index in [9.17, 15) is 43.0 Å². The summed E-state index contributed by atoms with van der Waals surface area (Å²) in [6, 6.07) is 8.07. The van der Waals surface area contributed by atoms with Gasteiger partial charge in [-0.15, -0.1) is 12.4 Å². The fourth-order valence-electron chi connectivity index (χ4n) is 11.0. The fraction of sp³-hybridized carbons (Fsp3) is 0.510. The van der Waals surface area contributed by atoms with Crippen molar-refractivity contribution in [3.8, 4) is 0 Å². The van der Waals surface area contributed by atoms with E-state index >= 15 is 8.78 Å².